The molecule has 0 saturated carbocycles. The molecule has 1 aliphatic heterocycles. The minimum absolute atomic E-state index is 0.172. The second-order valence-electron chi connectivity index (χ2n) is 3.29. The summed E-state index contributed by atoms with van der Waals surface area (Å²) in [6, 6.07) is 4.98. The zero-order valence-corrected chi connectivity index (χ0v) is 7.78. The molecule has 4 heteroatoms. The predicted molar refractivity (Wildman–Crippen MR) is 51.7 cm³/mol. The molecule has 1 heterocycles. The van der Waals surface area contributed by atoms with Gasteiger partial charge in [0.2, 0.25) is 0 Å². The molecule has 0 bridgehead atoms. The monoisotopic (exact) mass is 193 g/mol. The van der Waals surface area contributed by atoms with Crippen molar-refractivity contribution in [3.8, 4) is 5.75 Å². The quantitative estimate of drug-likeness (QED) is 0.704. The second kappa shape index (κ2) is 3.21. The van der Waals surface area contributed by atoms with Crippen molar-refractivity contribution in [2.24, 2.45) is 0 Å². The van der Waals surface area contributed by atoms with Crippen LogP contribution in [-0.2, 0) is 4.79 Å². The SMILES string of the molecule is Cc1cccc2c1NC(C(=O)O)CO2. The predicted octanol–water partition coefficient (Wildman–Crippen LogP) is 1.25. The Labute approximate surface area is 81.5 Å². The molecule has 1 aromatic carbocycles. The molecule has 0 aromatic heterocycles. The van der Waals surface area contributed by atoms with Gasteiger partial charge >= 0.3 is 5.97 Å². The van der Waals surface area contributed by atoms with Gasteiger partial charge in [-0.1, -0.05) is 12.1 Å². The molecule has 2 rings (SSSR count). The first-order valence-corrected chi connectivity index (χ1v) is 4.40. The van der Waals surface area contributed by atoms with Crippen molar-refractivity contribution in [1.29, 1.82) is 0 Å². The van der Waals surface area contributed by atoms with Crippen LogP contribution >= 0.6 is 0 Å². The number of aliphatic carboxylic acids is 1. The van der Waals surface area contributed by atoms with Gasteiger partial charge in [0, 0.05) is 0 Å². The third-order valence-electron chi connectivity index (χ3n) is 2.26. The van der Waals surface area contributed by atoms with Crippen molar-refractivity contribution < 1.29 is 14.6 Å². The Hall–Kier alpha value is -1.71. The van der Waals surface area contributed by atoms with Crippen LogP contribution in [0.15, 0.2) is 18.2 Å². The van der Waals surface area contributed by atoms with Gasteiger partial charge < -0.3 is 15.2 Å². The average Bonchev–Trinajstić information content (AvgIpc) is 2.18. The molecular weight excluding hydrogens is 182 g/mol. The first kappa shape index (κ1) is 8.87. The molecule has 0 saturated heterocycles. The summed E-state index contributed by atoms with van der Waals surface area (Å²) in [5.74, 6) is -0.165. The van der Waals surface area contributed by atoms with E-state index in [4.69, 9.17) is 9.84 Å². The van der Waals surface area contributed by atoms with E-state index in [1.807, 2.05) is 25.1 Å². The van der Waals surface area contributed by atoms with Gasteiger partial charge in [0.1, 0.15) is 12.4 Å². The molecule has 14 heavy (non-hydrogen) atoms. The van der Waals surface area contributed by atoms with Crippen molar-refractivity contribution in [2.75, 3.05) is 11.9 Å². The fraction of sp³-hybridized carbons (Fsp3) is 0.300. The van der Waals surface area contributed by atoms with E-state index in [0.717, 1.165) is 17.0 Å². The highest BCUT2D eigenvalue weighted by atomic mass is 16.5. The van der Waals surface area contributed by atoms with Crippen LogP contribution in [0.4, 0.5) is 5.69 Å². The van der Waals surface area contributed by atoms with E-state index in [1.54, 1.807) is 0 Å². The molecule has 0 fully saturated rings. The fourth-order valence-corrected chi connectivity index (χ4v) is 1.47. The first-order chi connectivity index (χ1) is 6.68. The summed E-state index contributed by atoms with van der Waals surface area (Å²) >= 11 is 0. The number of rotatable bonds is 1. The second-order valence-corrected chi connectivity index (χ2v) is 3.29. The molecule has 74 valence electrons. The number of hydrogen-bond donors (Lipinski definition) is 2. The summed E-state index contributed by atoms with van der Waals surface area (Å²) in [6.45, 7) is 2.09. The molecule has 4 nitrogen and oxygen atoms in total. The number of benzene rings is 1. The lowest BCUT2D eigenvalue weighted by molar-refractivity contribution is -0.138. The lowest BCUT2D eigenvalue weighted by Gasteiger charge is -2.25. The number of ether oxygens (including phenoxy) is 1. The number of carboxylic acids is 1. The highest BCUT2D eigenvalue weighted by molar-refractivity contribution is 5.80. The fourth-order valence-electron chi connectivity index (χ4n) is 1.47. The minimum Gasteiger partial charge on any atom is -0.489 e. The van der Waals surface area contributed by atoms with E-state index in [0.29, 0.717) is 0 Å². The lowest BCUT2D eigenvalue weighted by atomic mass is 10.1. The van der Waals surface area contributed by atoms with Crippen molar-refractivity contribution >= 4 is 11.7 Å². The highest BCUT2D eigenvalue weighted by Crippen LogP contribution is 2.31. The maximum atomic E-state index is 10.7. The zero-order chi connectivity index (χ0) is 10.1. The molecule has 2 N–H and O–H groups in total. The number of fused-ring (bicyclic) bond motifs is 1. The van der Waals surface area contributed by atoms with Crippen LogP contribution in [0.25, 0.3) is 0 Å². The topological polar surface area (TPSA) is 58.6 Å². The summed E-state index contributed by atoms with van der Waals surface area (Å²) < 4.78 is 5.33. The van der Waals surface area contributed by atoms with E-state index < -0.39 is 12.0 Å². The molecule has 0 spiro atoms. The smallest absolute Gasteiger partial charge is 0.329 e. The maximum Gasteiger partial charge on any atom is 0.329 e. The Morgan fingerprint density at radius 2 is 2.43 bits per heavy atom. The van der Waals surface area contributed by atoms with E-state index >= 15 is 0 Å². The van der Waals surface area contributed by atoms with Gasteiger partial charge in [-0.05, 0) is 18.6 Å². The van der Waals surface area contributed by atoms with Gasteiger partial charge in [0.25, 0.3) is 0 Å². The number of anilines is 1. The largest absolute Gasteiger partial charge is 0.489 e. The maximum absolute atomic E-state index is 10.7. The summed E-state index contributed by atoms with van der Waals surface area (Å²) in [5.41, 5.74) is 1.78. The van der Waals surface area contributed by atoms with Crippen molar-refractivity contribution in [2.45, 2.75) is 13.0 Å². The molecule has 1 unspecified atom stereocenters. The van der Waals surface area contributed by atoms with Crippen LogP contribution in [0.5, 0.6) is 5.75 Å². The van der Waals surface area contributed by atoms with E-state index in [-0.39, 0.29) is 6.61 Å². The minimum atomic E-state index is -0.890. The number of hydrogen-bond acceptors (Lipinski definition) is 3. The molecular formula is C10H11NO3. The van der Waals surface area contributed by atoms with Gasteiger partial charge in [0.05, 0.1) is 5.69 Å². The molecule has 1 atom stereocenters. The number of aryl methyl sites for hydroxylation is 1. The number of carboxylic acid groups (broad SMARTS) is 1. The molecule has 1 aromatic rings. The molecule has 0 radical (unpaired) electrons. The summed E-state index contributed by atoms with van der Waals surface area (Å²) in [5, 5.41) is 11.8. The third-order valence-corrected chi connectivity index (χ3v) is 2.26. The van der Waals surface area contributed by atoms with Crippen LogP contribution in [-0.4, -0.2) is 23.7 Å². The van der Waals surface area contributed by atoms with Crippen molar-refractivity contribution in [3.05, 3.63) is 23.8 Å². The average molecular weight is 193 g/mol. The Balaban J connectivity index is 2.33. The number of nitrogens with one attached hydrogen (secondary N) is 1. The Morgan fingerprint density at radius 3 is 3.14 bits per heavy atom. The Morgan fingerprint density at radius 1 is 1.64 bits per heavy atom. The summed E-state index contributed by atoms with van der Waals surface area (Å²) in [4.78, 5) is 10.7. The summed E-state index contributed by atoms with van der Waals surface area (Å²) in [7, 11) is 0. The third kappa shape index (κ3) is 1.39. The standard InChI is InChI=1S/C10H11NO3/c1-6-3-2-4-8-9(6)11-7(5-14-8)10(12)13/h2-4,7,11H,5H2,1H3,(H,12,13). The molecule has 0 amide bonds. The van der Waals surface area contributed by atoms with E-state index in [9.17, 15) is 4.79 Å². The summed E-state index contributed by atoms with van der Waals surface area (Å²) in [6.07, 6.45) is 0. The van der Waals surface area contributed by atoms with Crippen LogP contribution in [0, 0.1) is 6.92 Å². The Bertz CT molecular complexity index is 376. The van der Waals surface area contributed by atoms with Crippen LogP contribution in [0.3, 0.4) is 0 Å². The van der Waals surface area contributed by atoms with Crippen molar-refractivity contribution in [1.82, 2.24) is 0 Å². The van der Waals surface area contributed by atoms with E-state index in [2.05, 4.69) is 5.32 Å². The van der Waals surface area contributed by atoms with Gasteiger partial charge in [0.15, 0.2) is 6.04 Å². The van der Waals surface area contributed by atoms with E-state index in [1.165, 1.54) is 0 Å². The van der Waals surface area contributed by atoms with Crippen molar-refractivity contribution in [3.63, 3.8) is 0 Å². The van der Waals surface area contributed by atoms with Gasteiger partial charge in [-0.2, -0.15) is 0 Å². The molecule has 0 aliphatic carbocycles. The molecule has 1 aliphatic rings. The van der Waals surface area contributed by atoms with Gasteiger partial charge in [-0.15, -0.1) is 0 Å². The highest BCUT2D eigenvalue weighted by Gasteiger charge is 2.25. The van der Waals surface area contributed by atoms with Crippen LogP contribution in [0.1, 0.15) is 5.56 Å². The number of para-hydroxylation sites is 1. The number of carbonyl (C=O) groups is 1. The normalized spacial score (nSPS) is 19.1. The van der Waals surface area contributed by atoms with Gasteiger partial charge in [-0.25, -0.2) is 4.79 Å². The first-order valence-electron chi connectivity index (χ1n) is 4.40. The van der Waals surface area contributed by atoms with Crippen LogP contribution < -0.4 is 10.1 Å². The van der Waals surface area contributed by atoms with Crippen LogP contribution in [0.2, 0.25) is 0 Å². The van der Waals surface area contributed by atoms with Gasteiger partial charge in [-0.3, -0.25) is 0 Å². The lowest BCUT2D eigenvalue weighted by Crippen LogP contribution is -2.38. The zero-order valence-electron chi connectivity index (χ0n) is 7.78. The Kier molecular flexibility index (Phi) is 2.04.